The molecule has 7 rings (SSSR count). The van der Waals surface area contributed by atoms with Crippen molar-refractivity contribution < 1.29 is 10.8 Å². The van der Waals surface area contributed by atoms with Gasteiger partial charge in [-0.3, -0.25) is 0 Å². The minimum atomic E-state index is -0.0654. The van der Waals surface area contributed by atoms with Gasteiger partial charge in [0.15, 0.2) is 0 Å². The van der Waals surface area contributed by atoms with Crippen LogP contribution in [-0.2, 0) is 21.7 Å². The Labute approximate surface area is 217 Å². The van der Waals surface area contributed by atoms with Crippen molar-refractivity contribution in [1.82, 2.24) is 4.98 Å². The zero-order valence-electron chi connectivity index (χ0n) is 24.1. The van der Waals surface area contributed by atoms with Crippen LogP contribution in [0.3, 0.4) is 0 Å². The highest BCUT2D eigenvalue weighted by Crippen LogP contribution is 2.52. The third-order valence-corrected chi connectivity index (χ3v) is 9.35. The van der Waals surface area contributed by atoms with Crippen molar-refractivity contribution in [1.29, 1.82) is 0 Å². The normalized spacial score (nSPS) is 22.4. The van der Waals surface area contributed by atoms with Crippen molar-refractivity contribution in [3.63, 3.8) is 0 Å². The van der Waals surface area contributed by atoms with E-state index >= 15 is 0 Å². The number of pyridine rings is 1. The van der Waals surface area contributed by atoms with Gasteiger partial charge in [0.05, 0.1) is 1.37 Å². The van der Waals surface area contributed by atoms with E-state index in [0.717, 1.165) is 29.8 Å². The van der Waals surface area contributed by atoms with Crippen LogP contribution in [0.2, 0.25) is 0 Å². The van der Waals surface area contributed by atoms with Gasteiger partial charge < -0.3 is 9.47 Å². The van der Waals surface area contributed by atoms with Gasteiger partial charge in [0, 0.05) is 17.2 Å². The summed E-state index contributed by atoms with van der Waals surface area (Å²) in [7, 11) is 0. The SMILES string of the molecule is [2H]c1c(C)nc2c3c1Oc1cc4c(cc1B3c1cc3c(cc1O2)C(C)(C)CC3(C)C)C(C)(C)CC4(C)C. The van der Waals surface area contributed by atoms with Gasteiger partial charge in [-0.05, 0) is 86.7 Å². The van der Waals surface area contributed by atoms with E-state index in [4.69, 9.17) is 15.8 Å². The first-order valence-corrected chi connectivity index (χ1v) is 13.4. The lowest BCUT2D eigenvalue weighted by Crippen LogP contribution is -2.58. The summed E-state index contributed by atoms with van der Waals surface area (Å²) in [4.78, 5) is 4.77. The van der Waals surface area contributed by atoms with Gasteiger partial charge in [-0.2, -0.15) is 0 Å². The lowest BCUT2D eigenvalue weighted by Gasteiger charge is -2.34. The summed E-state index contributed by atoms with van der Waals surface area (Å²) in [5.74, 6) is 2.95. The third-order valence-electron chi connectivity index (χ3n) is 9.35. The maximum absolute atomic E-state index is 8.87. The number of fused-ring (bicyclic) bond motifs is 6. The smallest absolute Gasteiger partial charge is 0.262 e. The number of nitrogens with zero attached hydrogens (tertiary/aromatic N) is 1. The predicted molar refractivity (Wildman–Crippen MR) is 148 cm³/mol. The van der Waals surface area contributed by atoms with Gasteiger partial charge in [0.1, 0.15) is 17.2 Å². The molecule has 3 aromatic rings. The number of hydrogen-bond donors (Lipinski definition) is 0. The van der Waals surface area contributed by atoms with Gasteiger partial charge in [-0.15, -0.1) is 0 Å². The van der Waals surface area contributed by atoms with Crippen molar-refractivity contribution in [3.8, 4) is 23.1 Å². The number of aromatic nitrogens is 1. The van der Waals surface area contributed by atoms with Crippen LogP contribution in [0, 0.1) is 6.92 Å². The highest BCUT2D eigenvalue weighted by atomic mass is 16.5. The molecular formula is C32H36BNO2. The lowest BCUT2D eigenvalue weighted by atomic mass is 9.34. The Balaban J connectivity index is 1.55. The average Bonchev–Trinajstić information content (AvgIpc) is 3.08. The first-order chi connectivity index (χ1) is 17.1. The van der Waals surface area contributed by atoms with Crippen LogP contribution in [0.5, 0.6) is 23.1 Å². The van der Waals surface area contributed by atoms with Crippen LogP contribution in [0.4, 0.5) is 0 Å². The molecule has 3 heterocycles. The van der Waals surface area contributed by atoms with Crippen molar-refractivity contribution in [3.05, 3.63) is 58.3 Å². The molecule has 2 aromatic carbocycles. The topological polar surface area (TPSA) is 31.4 Å². The zero-order valence-corrected chi connectivity index (χ0v) is 23.1. The second-order valence-electron chi connectivity index (χ2n) is 14.3. The summed E-state index contributed by atoms with van der Waals surface area (Å²) in [6, 6.07) is 9.70. The van der Waals surface area contributed by atoms with E-state index in [0.29, 0.717) is 23.4 Å². The molecule has 0 atom stereocenters. The summed E-state index contributed by atoms with van der Waals surface area (Å²) in [5, 5.41) is 0. The molecule has 36 heavy (non-hydrogen) atoms. The molecule has 4 aliphatic rings. The van der Waals surface area contributed by atoms with Crippen molar-refractivity contribution in [2.24, 2.45) is 0 Å². The van der Waals surface area contributed by atoms with E-state index in [1.165, 1.54) is 33.2 Å². The van der Waals surface area contributed by atoms with Crippen LogP contribution in [0.15, 0.2) is 30.3 Å². The highest BCUT2D eigenvalue weighted by molar-refractivity contribution is 6.98. The molecule has 0 saturated carbocycles. The van der Waals surface area contributed by atoms with E-state index in [9.17, 15) is 0 Å². The molecule has 0 bridgehead atoms. The molecule has 0 saturated heterocycles. The van der Waals surface area contributed by atoms with E-state index in [2.05, 4.69) is 79.7 Å². The van der Waals surface area contributed by atoms with E-state index < -0.39 is 0 Å². The fourth-order valence-electron chi connectivity index (χ4n) is 8.33. The van der Waals surface area contributed by atoms with E-state index in [-0.39, 0.29) is 28.4 Å². The zero-order chi connectivity index (χ0) is 26.4. The maximum Gasteiger partial charge on any atom is 0.262 e. The maximum atomic E-state index is 8.87. The molecule has 0 amide bonds. The second kappa shape index (κ2) is 6.38. The average molecular weight is 478 g/mol. The highest BCUT2D eigenvalue weighted by Gasteiger charge is 2.49. The van der Waals surface area contributed by atoms with Gasteiger partial charge in [-0.1, -0.05) is 67.5 Å². The Hall–Kier alpha value is -2.75. The number of hydrogen-bond acceptors (Lipinski definition) is 3. The molecular weight excluding hydrogens is 441 g/mol. The molecule has 0 fully saturated rings. The van der Waals surface area contributed by atoms with E-state index in [1.807, 2.05) is 6.92 Å². The summed E-state index contributed by atoms with van der Waals surface area (Å²) >= 11 is 0. The first kappa shape index (κ1) is 21.4. The Morgan fingerprint density at radius 1 is 0.694 bits per heavy atom. The standard InChI is InChI=1S/C32H36BNO2/c1-17-10-26-27-28(34-17)36-25-14-21-19(30(4,5)16-32(21,8)9)12-23(25)33(27)22-11-18-20(13-24(22)35-26)31(6,7)15-29(18,2)3/h10-14H,15-16H2,1-9H3/i10D. The summed E-state index contributed by atoms with van der Waals surface area (Å²) < 4.78 is 22.0. The minimum absolute atomic E-state index is 0.0654. The Morgan fingerprint density at radius 2 is 1.14 bits per heavy atom. The van der Waals surface area contributed by atoms with Crippen LogP contribution in [0.1, 0.15) is 97.6 Å². The third kappa shape index (κ3) is 2.79. The molecule has 0 N–H and O–H groups in total. The molecule has 0 spiro atoms. The molecule has 4 heteroatoms. The molecule has 3 nitrogen and oxygen atoms in total. The summed E-state index contributed by atoms with van der Waals surface area (Å²) in [5.41, 5.74) is 9.75. The number of rotatable bonds is 0. The molecule has 184 valence electrons. The molecule has 2 aliphatic carbocycles. The van der Waals surface area contributed by atoms with Crippen LogP contribution >= 0.6 is 0 Å². The Morgan fingerprint density at radius 3 is 1.64 bits per heavy atom. The predicted octanol–water partition coefficient (Wildman–Crippen LogP) is 6.04. The van der Waals surface area contributed by atoms with Crippen LogP contribution in [-0.4, -0.2) is 11.7 Å². The second-order valence-corrected chi connectivity index (χ2v) is 14.3. The summed E-state index contributed by atoms with van der Waals surface area (Å²) in [6.07, 6.45) is 2.20. The molecule has 1 aromatic heterocycles. The molecule has 0 radical (unpaired) electrons. The van der Waals surface area contributed by atoms with Crippen LogP contribution in [0.25, 0.3) is 0 Å². The van der Waals surface area contributed by atoms with Gasteiger partial charge in [0.2, 0.25) is 5.88 Å². The largest absolute Gasteiger partial charge is 0.458 e. The van der Waals surface area contributed by atoms with Crippen LogP contribution < -0.4 is 25.9 Å². The Bertz CT molecular complexity index is 1550. The fourth-order valence-corrected chi connectivity index (χ4v) is 8.33. The molecule has 2 aliphatic heterocycles. The lowest BCUT2D eigenvalue weighted by molar-refractivity contribution is 0.402. The number of ether oxygens (including phenoxy) is 2. The Kier molecular flexibility index (Phi) is 3.79. The van der Waals surface area contributed by atoms with Crippen molar-refractivity contribution in [2.45, 2.75) is 96.8 Å². The quantitative estimate of drug-likeness (QED) is 0.255. The molecule has 0 unspecified atom stereocenters. The fraction of sp³-hybridized carbons (Fsp3) is 0.469. The van der Waals surface area contributed by atoms with Crippen molar-refractivity contribution in [2.75, 3.05) is 0 Å². The van der Waals surface area contributed by atoms with Gasteiger partial charge in [-0.25, -0.2) is 4.98 Å². The summed E-state index contributed by atoms with van der Waals surface area (Å²) in [6.45, 7) is 20.6. The van der Waals surface area contributed by atoms with Crippen molar-refractivity contribution >= 4 is 23.1 Å². The van der Waals surface area contributed by atoms with E-state index in [1.54, 1.807) is 0 Å². The van der Waals surface area contributed by atoms with Gasteiger partial charge >= 0.3 is 0 Å². The van der Waals surface area contributed by atoms with Gasteiger partial charge in [0.25, 0.3) is 6.71 Å². The first-order valence-electron chi connectivity index (χ1n) is 13.9. The minimum Gasteiger partial charge on any atom is -0.458 e. The monoisotopic (exact) mass is 478 g/mol. The number of aryl methyl sites for hydroxylation is 1. The number of benzene rings is 2.